The zero-order valence-corrected chi connectivity index (χ0v) is 19.4. The molecule has 0 aliphatic heterocycles. The van der Waals surface area contributed by atoms with Crippen molar-refractivity contribution in [1.29, 1.82) is 0 Å². The summed E-state index contributed by atoms with van der Waals surface area (Å²) in [7, 11) is 3.47. The molecule has 0 fully saturated rings. The molecule has 0 amide bonds. The van der Waals surface area contributed by atoms with E-state index in [1.54, 1.807) is 21.3 Å². The molecule has 0 aliphatic carbocycles. The van der Waals surface area contributed by atoms with Crippen LogP contribution in [0.15, 0.2) is 72.4 Å². The van der Waals surface area contributed by atoms with Gasteiger partial charge in [0.2, 0.25) is 0 Å². The minimum absolute atomic E-state index is 0.114. The molecule has 0 saturated heterocycles. The number of allylic oxidation sites excluding steroid dienone is 1. The topological polar surface area (TPSA) is 27.7 Å². The van der Waals surface area contributed by atoms with E-state index in [2.05, 4.69) is 60.3 Å². The van der Waals surface area contributed by atoms with Crippen molar-refractivity contribution in [2.75, 3.05) is 21.3 Å². The highest BCUT2D eigenvalue weighted by molar-refractivity contribution is 6.62. The lowest BCUT2D eigenvalue weighted by Gasteiger charge is -2.28. The molecule has 26 heavy (non-hydrogen) atoms. The fourth-order valence-corrected chi connectivity index (χ4v) is 4.83. The number of rotatable bonds is 7. The van der Waals surface area contributed by atoms with Crippen LogP contribution in [0.3, 0.4) is 0 Å². The molecule has 2 aromatic carbocycles. The van der Waals surface area contributed by atoms with Crippen molar-refractivity contribution < 1.29 is 13.3 Å². The summed E-state index contributed by atoms with van der Waals surface area (Å²) in [6.07, 6.45) is 6.27. The zero-order valence-electron chi connectivity index (χ0n) is 16.4. The molecule has 0 spiro atoms. The first kappa shape index (κ1) is 22.3. The van der Waals surface area contributed by atoms with Gasteiger partial charge in [-0.05, 0) is 11.1 Å². The second kappa shape index (κ2) is 12.6. The third-order valence-corrected chi connectivity index (χ3v) is 7.30. The lowest BCUT2D eigenvalue weighted by atomic mass is 10.2. The van der Waals surface area contributed by atoms with Gasteiger partial charge in [0.05, 0.1) is 0 Å². The third-order valence-electron chi connectivity index (χ3n) is 3.95. The zero-order chi connectivity index (χ0) is 19.3. The van der Waals surface area contributed by atoms with Crippen LogP contribution in [0, 0.1) is 0 Å². The molecule has 0 aliphatic rings. The van der Waals surface area contributed by atoms with E-state index in [0.29, 0.717) is 0 Å². The molecule has 1 atom stereocenters. The largest absolute Gasteiger partial charge is 0.507 e. The van der Waals surface area contributed by atoms with Crippen LogP contribution in [0.2, 0.25) is 5.54 Å². The van der Waals surface area contributed by atoms with E-state index >= 15 is 0 Å². The Bertz CT molecular complexity index is 645. The van der Waals surface area contributed by atoms with Crippen molar-refractivity contribution in [3.8, 4) is 0 Å². The van der Waals surface area contributed by atoms with Crippen molar-refractivity contribution in [3.63, 3.8) is 0 Å². The fraction of sp³-hybridized carbons (Fsp3) is 0.238. The Hall–Kier alpha value is -1.77. The van der Waals surface area contributed by atoms with Gasteiger partial charge in [-0.15, -0.1) is 5.70 Å². The Morgan fingerprint density at radius 1 is 0.769 bits per heavy atom. The lowest BCUT2D eigenvalue weighted by molar-refractivity contribution is 0.118. The number of benzene rings is 2. The Balaban J connectivity index is 0.000000314. The van der Waals surface area contributed by atoms with Crippen LogP contribution in [-0.4, -0.2) is 40.4 Å². The van der Waals surface area contributed by atoms with E-state index in [1.165, 1.54) is 5.56 Å². The molecular weight excluding hydrogens is 356 g/mol. The van der Waals surface area contributed by atoms with Gasteiger partial charge in [-0.1, -0.05) is 85.8 Å². The molecular formula is C21H30O3Si2. The molecule has 3 nitrogen and oxygen atoms in total. The van der Waals surface area contributed by atoms with Crippen LogP contribution < -0.4 is 0 Å². The van der Waals surface area contributed by atoms with Crippen molar-refractivity contribution in [1.82, 2.24) is 0 Å². The van der Waals surface area contributed by atoms with Gasteiger partial charge >= 0.3 is 8.80 Å². The molecule has 2 rings (SSSR count). The van der Waals surface area contributed by atoms with Gasteiger partial charge in [0.25, 0.3) is 0 Å². The minimum atomic E-state index is -2.56. The summed E-state index contributed by atoms with van der Waals surface area (Å²) in [5, 5.41) is 0. The SMILES string of the molecule is CO[Si](OC)(OC)C(C)/C=C/c1ccccc1.[SiH3]/C=C/c1ccccc1. The predicted octanol–water partition coefficient (Wildman–Crippen LogP) is 3.99. The Morgan fingerprint density at radius 3 is 1.58 bits per heavy atom. The van der Waals surface area contributed by atoms with Crippen LogP contribution in [0.25, 0.3) is 12.2 Å². The lowest BCUT2D eigenvalue weighted by Crippen LogP contribution is -2.46. The molecule has 0 heterocycles. The average Bonchev–Trinajstić information content (AvgIpc) is 2.70. The van der Waals surface area contributed by atoms with Gasteiger partial charge in [0, 0.05) is 37.1 Å². The highest BCUT2D eigenvalue weighted by Gasteiger charge is 2.43. The highest BCUT2D eigenvalue weighted by atomic mass is 28.4. The highest BCUT2D eigenvalue weighted by Crippen LogP contribution is 2.25. The number of hydrogen-bond acceptors (Lipinski definition) is 3. The summed E-state index contributed by atoms with van der Waals surface area (Å²) in [6, 6.07) is 20.5. The summed E-state index contributed by atoms with van der Waals surface area (Å²) < 4.78 is 16.3. The van der Waals surface area contributed by atoms with E-state index in [1.807, 2.05) is 31.2 Å². The van der Waals surface area contributed by atoms with Gasteiger partial charge in [0.1, 0.15) is 0 Å². The second-order valence-corrected chi connectivity index (χ2v) is 9.69. The van der Waals surface area contributed by atoms with Crippen LogP contribution in [0.4, 0.5) is 0 Å². The fourth-order valence-electron chi connectivity index (χ4n) is 2.50. The Labute approximate surface area is 162 Å². The van der Waals surface area contributed by atoms with E-state index in [-0.39, 0.29) is 5.54 Å². The normalized spacial score (nSPS) is 12.9. The maximum atomic E-state index is 5.43. The summed E-state index contributed by atoms with van der Waals surface area (Å²) in [5.41, 5.74) is 4.75. The molecule has 2 aromatic rings. The Kier molecular flexibility index (Phi) is 10.8. The first-order valence-corrected chi connectivity index (χ1v) is 11.6. The molecule has 1 unspecified atom stereocenters. The predicted molar refractivity (Wildman–Crippen MR) is 117 cm³/mol. The standard InChI is InChI=1S/C13H20O3Si.C8H10Si/c1-12(17(14-2,15-3)16-4)10-11-13-8-6-5-7-9-13;9-7-6-8-4-2-1-3-5-8/h5-12H,1-4H3;1-7H,9H3/b11-10+;7-6+. The van der Waals surface area contributed by atoms with Gasteiger partial charge in [-0.3, -0.25) is 0 Å². The first-order valence-electron chi connectivity index (χ1n) is 8.68. The van der Waals surface area contributed by atoms with Crippen LogP contribution in [0.1, 0.15) is 18.1 Å². The van der Waals surface area contributed by atoms with Gasteiger partial charge in [0.15, 0.2) is 0 Å². The maximum Gasteiger partial charge on any atom is 0.507 e. The summed E-state index contributed by atoms with van der Waals surface area (Å²) >= 11 is 0. The summed E-state index contributed by atoms with van der Waals surface area (Å²) in [5.74, 6) is 0. The quantitative estimate of drug-likeness (QED) is 0.674. The molecule has 0 radical (unpaired) electrons. The van der Waals surface area contributed by atoms with Gasteiger partial charge < -0.3 is 13.3 Å². The monoisotopic (exact) mass is 386 g/mol. The van der Waals surface area contributed by atoms with Crippen molar-refractivity contribution >= 4 is 31.2 Å². The second-order valence-electron chi connectivity index (χ2n) is 5.69. The molecule has 140 valence electrons. The van der Waals surface area contributed by atoms with Crippen LogP contribution in [0.5, 0.6) is 0 Å². The molecule has 0 aromatic heterocycles. The smallest absolute Gasteiger partial charge is 0.376 e. The van der Waals surface area contributed by atoms with Crippen molar-refractivity contribution in [3.05, 3.63) is 83.6 Å². The van der Waals surface area contributed by atoms with E-state index in [9.17, 15) is 0 Å². The van der Waals surface area contributed by atoms with Gasteiger partial charge in [-0.25, -0.2) is 0 Å². The van der Waals surface area contributed by atoms with E-state index in [4.69, 9.17) is 13.3 Å². The summed E-state index contributed by atoms with van der Waals surface area (Å²) in [6.45, 7) is 2.04. The van der Waals surface area contributed by atoms with Gasteiger partial charge in [-0.2, -0.15) is 0 Å². The average molecular weight is 387 g/mol. The molecule has 0 N–H and O–H groups in total. The molecule has 0 saturated carbocycles. The van der Waals surface area contributed by atoms with Crippen LogP contribution >= 0.6 is 0 Å². The Morgan fingerprint density at radius 2 is 1.19 bits per heavy atom. The summed E-state index contributed by atoms with van der Waals surface area (Å²) in [4.78, 5) is 0. The maximum absolute atomic E-state index is 5.43. The van der Waals surface area contributed by atoms with Crippen molar-refractivity contribution in [2.24, 2.45) is 0 Å². The van der Waals surface area contributed by atoms with Crippen molar-refractivity contribution in [2.45, 2.75) is 12.5 Å². The minimum Gasteiger partial charge on any atom is -0.376 e. The van der Waals surface area contributed by atoms with Crippen LogP contribution in [-0.2, 0) is 13.3 Å². The van der Waals surface area contributed by atoms with E-state index < -0.39 is 8.80 Å². The third kappa shape index (κ3) is 7.23. The van der Waals surface area contributed by atoms with E-state index in [0.717, 1.165) is 15.8 Å². The number of hydrogen-bond donors (Lipinski definition) is 0. The molecule has 5 heteroatoms. The molecule has 0 bridgehead atoms. The first-order chi connectivity index (χ1) is 12.6.